The second-order valence-electron chi connectivity index (χ2n) is 8.53. The van der Waals surface area contributed by atoms with Crippen molar-refractivity contribution in [1.29, 1.82) is 0 Å². The summed E-state index contributed by atoms with van der Waals surface area (Å²) in [5.74, 6) is 0.0622. The summed E-state index contributed by atoms with van der Waals surface area (Å²) in [7, 11) is 0. The second kappa shape index (κ2) is 8.53. The van der Waals surface area contributed by atoms with Crippen molar-refractivity contribution in [2.75, 3.05) is 25.4 Å². The lowest BCUT2D eigenvalue weighted by Crippen LogP contribution is -2.47. The minimum absolute atomic E-state index is 0.0172. The number of carbonyl (C=O) groups excluding carboxylic acids is 3. The first-order valence-electron chi connectivity index (χ1n) is 10.9. The molecule has 31 heavy (non-hydrogen) atoms. The third kappa shape index (κ3) is 4.06. The van der Waals surface area contributed by atoms with Gasteiger partial charge in [-0.1, -0.05) is 17.7 Å². The van der Waals surface area contributed by atoms with Gasteiger partial charge in [-0.15, -0.1) is 0 Å². The van der Waals surface area contributed by atoms with E-state index >= 15 is 0 Å². The molecule has 0 bridgehead atoms. The molecule has 1 atom stereocenters. The van der Waals surface area contributed by atoms with Gasteiger partial charge >= 0.3 is 0 Å². The van der Waals surface area contributed by atoms with Crippen LogP contribution in [0.25, 0.3) is 5.69 Å². The Kier molecular flexibility index (Phi) is 5.80. The molecule has 4 rings (SSSR count). The lowest BCUT2D eigenvalue weighted by molar-refractivity contribution is -0.140. The van der Waals surface area contributed by atoms with Gasteiger partial charge in [0, 0.05) is 32.5 Å². The first-order valence-corrected chi connectivity index (χ1v) is 10.9. The molecule has 0 unspecified atom stereocenters. The molecular formula is C23H29N5O3. The number of piperidine rings is 1. The molecule has 8 heteroatoms. The SMILES string of the molecule is CC(=O)N1CCC(C(=O)N2CCC[C@H]2C(=O)c2cnn(-c3ccc(C)cc3)c2N)CC1. The summed E-state index contributed by atoms with van der Waals surface area (Å²) in [6.07, 6.45) is 4.21. The molecule has 2 aliphatic rings. The summed E-state index contributed by atoms with van der Waals surface area (Å²) < 4.78 is 1.56. The van der Waals surface area contributed by atoms with Crippen LogP contribution in [0.15, 0.2) is 30.5 Å². The van der Waals surface area contributed by atoms with Crippen LogP contribution in [-0.4, -0.2) is 62.9 Å². The van der Waals surface area contributed by atoms with E-state index in [1.807, 2.05) is 31.2 Å². The summed E-state index contributed by atoms with van der Waals surface area (Å²) in [6, 6.07) is 7.24. The van der Waals surface area contributed by atoms with Crippen molar-refractivity contribution >= 4 is 23.4 Å². The highest BCUT2D eigenvalue weighted by Crippen LogP contribution is 2.29. The zero-order valence-corrected chi connectivity index (χ0v) is 18.1. The van der Waals surface area contributed by atoms with Gasteiger partial charge in [0.25, 0.3) is 0 Å². The quantitative estimate of drug-likeness (QED) is 0.760. The average Bonchev–Trinajstić information content (AvgIpc) is 3.40. The van der Waals surface area contributed by atoms with Crippen LogP contribution in [0, 0.1) is 12.8 Å². The number of nitrogens with zero attached hydrogens (tertiary/aromatic N) is 4. The predicted molar refractivity (Wildman–Crippen MR) is 117 cm³/mol. The van der Waals surface area contributed by atoms with Crippen molar-refractivity contribution in [3.8, 4) is 5.69 Å². The first-order chi connectivity index (χ1) is 14.9. The van der Waals surface area contributed by atoms with Crippen LogP contribution in [0.4, 0.5) is 5.82 Å². The number of nitrogens with two attached hydrogens (primary N) is 1. The molecule has 1 aromatic heterocycles. The normalized spacial score (nSPS) is 19.6. The number of hydrogen-bond donors (Lipinski definition) is 1. The molecule has 2 aromatic rings. The number of likely N-dealkylation sites (tertiary alicyclic amines) is 2. The fourth-order valence-corrected chi connectivity index (χ4v) is 4.60. The number of benzene rings is 1. The molecule has 164 valence electrons. The molecule has 2 N–H and O–H groups in total. The number of aromatic nitrogens is 2. The molecule has 2 amide bonds. The number of ketones is 1. The van der Waals surface area contributed by atoms with E-state index in [-0.39, 0.29) is 23.5 Å². The van der Waals surface area contributed by atoms with Crippen LogP contribution in [0.1, 0.15) is 48.5 Å². The largest absolute Gasteiger partial charge is 0.383 e. The molecule has 3 heterocycles. The van der Waals surface area contributed by atoms with Gasteiger partial charge in [0.2, 0.25) is 11.8 Å². The van der Waals surface area contributed by atoms with Crippen molar-refractivity contribution < 1.29 is 14.4 Å². The topological polar surface area (TPSA) is 102 Å². The van der Waals surface area contributed by atoms with Crippen LogP contribution in [-0.2, 0) is 9.59 Å². The molecule has 1 aromatic carbocycles. The maximum Gasteiger partial charge on any atom is 0.226 e. The van der Waals surface area contributed by atoms with E-state index in [0.717, 1.165) is 17.7 Å². The number of carbonyl (C=O) groups is 3. The van der Waals surface area contributed by atoms with Gasteiger partial charge in [0.15, 0.2) is 5.78 Å². The van der Waals surface area contributed by atoms with Gasteiger partial charge in [-0.2, -0.15) is 5.10 Å². The molecule has 2 fully saturated rings. The van der Waals surface area contributed by atoms with Crippen LogP contribution < -0.4 is 5.73 Å². The van der Waals surface area contributed by atoms with Crippen molar-refractivity contribution in [1.82, 2.24) is 19.6 Å². The van der Waals surface area contributed by atoms with Gasteiger partial charge in [-0.25, -0.2) is 4.68 Å². The lowest BCUT2D eigenvalue weighted by atomic mass is 9.94. The summed E-state index contributed by atoms with van der Waals surface area (Å²) in [5.41, 5.74) is 8.56. The highest BCUT2D eigenvalue weighted by atomic mass is 16.2. The Bertz CT molecular complexity index is 989. The molecule has 0 spiro atoms. The summed E-state index contributed by atoms with van der Waals surface area (Å²) in [4.78, 5) is 41.6. The standard InChI is InChI=1S/C23H29N5O3/c1-15-5-7-18(8-6-15)28-22(24)19(14-25-28)21(30)20-4-3-11-27(20)23(31)17-9-12-26(13-10-17)16(2)29/h5-8,14,17,20H,3-4,9-13,24H2,1-2H3/t20-/m0/s1. The average molecular weight is 424 g/mol. The monoisotopic (exact) mass is 423 g/mol. The van der Waals surface area contributed by atoms with E-state index in [2.05, 4.69) is 5.10 Å². The number of anilines is 1. The molecular weight excluding hydrogens is 394 g/mol. The molecule has 0 aliphatic carbocycles. The number of Topliss-reactive ketones (excluding diaryl/α,β-unsaturated/α-hetero) is 1. The van der Waals surface area contributed by atoms with Crippen molar-refractivity contribution in [2.45, 2.75) is 45.6 Å². The molecule has 2 aliphatic heterocycles. The molecule has 2 saturated heterocycles. The van der Waals surface area contributed by atoms with E-state index in [0.29, 0.717) is 50.3 Å². The highest BCUT2D eigenvalue weighted by molar-refractivity contribution is 6.05. The summed E-state index contributed by atoms with van der Waals surface area (Å²) >= 11 is 0. The predicted octanol–water partition coefficient (Wildman–Crippen LogP) is 2.20. The number of rotatable bonds is 4. The Morgan fingerprint density at radius 3 is 2.35 bits per heavy atom. The van der Waals surface area contributed by atoms with Gasteiger partial charge in [0.1, 0.15) is 5.82 Å². The number of amides is 2. The van der Waals surface area contributed by atoms with Crippen LogP contribution in [0.5, 0.6) is 0 Å². The highest BCUT2D eigenvalue weighted by Gasteiger charge is 2.39. The third-order valence-electron chi connectivity index (χ3n) is 6.48. The summed E-state index contributed by atoms with van der Waals surface area (Å²) in [6.45, 7) is 5.32. The Balaban J connectivity index is 1.49. The van der Waals surface area contributed by atoms with E-state index in [1.165, 1.54) is 6.20 Å². The fraction of sp³-hybridized carbons (Fsp3) is 0.478. The van der Waals surface area contributed by atoms with Crippen molar-refractivity contribution in [3.63, 3.8) is 0 Å². The zero-order valence-electron chi connectivity index (χ0n) is 18.1. The minimum Gasteiger partial charge on any atom is -0.383 e. The lowest BCUT2D eigenvalue weighted by Gasteiger charge is -2.34. The van der Waals surface area contributed by atoms with E-state index in [1.54, 1.807) is 21.4 Å². The zero-order chi connectivity index (χ0) is 22.1. The first kappa shape index (κ1) is 21.1. The van der Waals surface area contributed by atoms with Crippen LogP contribution in [0.3, 0.4) is 0 Å². The molecule has 8 nitrogen and oxygen atoms in total. The smallest absolute Gasteiger partial charge is 0.226 e. The summed E-state index contributed by atoms with van der Waals surface area (Å²) in [5, 5.41) is 4.32. The maximum atomic E-state index is 13.3. The fourth-order valence-electron chi connectivity index (χ4n) is 4.60. The number of nitrogen functional groups attached to an aromatic ring is 1. The number of aryl methyl sites for hydroxylation is 1. The van der Waals surface area contributed by atoms with Gasteiger partial charge in [0.05, 0.1) is 23.5 Å². The van der Waals surface area contributed by atoms with Gasteiger partial charge in [-0.3, -0.25) is 14.4 Å². The Morgan fingerprint density at radius 2 is 1.71 bits per heavy atom. The second-order valence-corrected chi connectivity index (χ2v) is 8.53. The molecule has 0 saturated carbocycles. The van der Waals surface area contributed by atoms with Crippen LogP contribution >= 0.6 is 0 Å². The third-order valence-corrected chi connectivity index (χ3v) is 6.48. The number of hydrogen-bond acceptors (Lipinski definition) is 5. The van der Waals surface area contributed by atoms with E-state index in [9.17, 15) is 14.4 Å². The Morgan fingerprint density at radius 1 is 1.03 bits per heavy atom. The Labute approximate surface area is 182 Å². The Hall–Kier alpha value is -3.16. The molecule has 0 radical (unpaired) electrons. The minimum atomic E-state index is -0.503. The van der Waals surface area contributed by atoms with Crippen molar-refractivity contribution in [2.24, 2.45) is 5.92 Å². The van der Waals surface area contributed by atoms with Crippen molar-refractivity contribution in [3.05, 3.63) is 41.6 Å². The van der Waals surface area contributed by atoms with Crippen LogP contribution in [0.2, 0.25) is 0 Å². The van der Waals surface area contributed by atoms with E-state index in [4.69, 9.17) is 5.73 Å². The van der Waals surface area contributed by atoms with Gasteiger partial charge < -0.3 is 15.5 Å². The van der Waals surface area contributed by atoms with E-state index < -0.39 is 6.04 Å². The van der Waals surface area contributed by atoms with Gasteiger partial charge in [-0.05, 0) is 44.7 Å². The maximum absolute atomic E-state index is 13.3.